The first-order valence-electron chi connectivity index (χ1n) is 6.97. The molecule has 0 unspecified atom stereocenters. The van der Waals surface area contributed by atoms with Gasteiger partial charge in [0.15, 0.2) is 0 Å². The molecule has 0 heterocycles. The zero-order chi connectivity index (χ0) is 13.6. The third-order valence-corrected chi connectivity index (χ3v) is 3.21. The van der Waals surface area contributed by atoms with Gasteiger partial charge in [0, 0.05) is 0 Å². The fourth-order valence-corrected chi connectivity index (χ4v) is 1.65. The van der Waals surface area contributed by atoms with Crippen molar-refractivity contribution in [3.63, 3.8) is 0 Å². The quantitative estimate of drug-likeness (QED) is 0.503. The third-order valence-electron chi connectivity index (χ3n) is 3.21. The van der Waals surface area contributed by atoms with Gasteiger partial charge < -0.3 is 0 Å². The van der Waals surface area contributed by atoms with Gasteiger partial charge in [-0.15, -0.1) is 0 Å². The average Bonchev–Trinajstić information content (AvgIpc) is 2.14. The summed E-state index contributed by atoms with van der Waals surface area (Å²) in [5.41, 5.74) is 4.94. The average molecular weight is 236 g/mol. The first kappa shape index (κ1) is 16.5. The minimum atomic E-state index is 0.429. The van der Waals surface area contributed by atoms with E-state index in [4.69, 9.17) is 0 Å². The van der Waals surface area contributed by atoms with Crippen molar-refractivity contribution in [2.75, 3.05) is 0 Å². The van der Waals surface area contributed by atoms with E-state index in [1.54, 1.807) is 5.57 Å². The van der Waals surface area contributed by atoms with Crippen LogP contribution in [0.2, 0.25) is 0 Å². The highest BCUT2D eigenvalue weighted by atomic mass is 14.2. The van der Waals surface area contributed by atoms with Gasteiger partial charge in [0.05, 0.1) is 0 Å². The van der Waals surface area contributed by atoms with Crippen molar-refractivity contribution in [1.82, 2.24) is 0 Å². The van der Waals surface area contributed by atoms with Gasteiger partial charge in [-0.1, -0.05) is 46.3 Å². The van der Waals surface area contributed by atoms with Crippen molar-refractivity contribution in [2.24, 2.45) is 11.3 Å². The van der Waals surface area contributed by atoms with Crippen LogP contribution in [0.25, 0.3) is 0 Å². The second-order valence-corrected chi connectivity index (χ2v) is 7.04. The molecule has 0 fully saturated rings. The summed E-state index contributed by atoms with van der Waals surface area (Å²) in [6, 6.07) is 0. The molecule has 0 aromatic heterocycles. The first-order chi connectivity index (χ1) is 7.63. The van der Waals surface area contributed by atoms with Crippen LogP contribution < -0.4 is 0 Å². The zero-order valence-corrected chi connectivity index (χ0v) is 13.3. The predicted octanol–water partition coefficient (Wildman–Crippen LogP) is 6.14. The van der Waals surface area contributed by atoms with E-state index in [0.717, 1.165) is 5.92 Å². The summed E-state index contributed by atoms with van der Waals surface area (Å²) in [6.07, 6.45) is 6.14. The Morgan fingerprint density at radius 2 is 1.59 bits per heavy atom. The van der Waals surface area contributed by atoms with Crippen LogP contribution in [0.3, 0.4) is 0 Å². The molecule has 0 aromatic carbocycles. The Labute approximate surface area is 109 Å². The van der Waals surface area contributed by atoms with Crippen molar-refractivity contribution in [1.29, 1.82) is 0 Å². The lowest BCUT2D eigenvalue weighted by Crippen LogP contribution is -2.05. The highest BCUT2D eigenvalue weighted by molar-refractivity contribution is 5.32. The maximum atomic E-state index is 2.46. The summed E-state index contributed by atoms with van der Waals surface area (Å²) in [7, 11) is 0. The minimum Gasteiger partial charge on any atom is -0.0808 e. The fraction of sp³-hybridized carbons (Fsp3) is 0.765. The molecule has 0 spiro atoms. The number of rotatable bonds is 5. The highest BCUT2D eigenvalue weighted by Crippen LogP contribution is 2.28. The van der Waals surface area contributed by atoms with E-state index in [2.05, 4.69) is 61.5 Å². The Hall–Kier alpha value is -0.520. The SMILES string of the molecule is CC(C)=C(C)C(=CCC(C)C)CCC(C)(C)C. The molecule has 0 N–H and O–H groups in total. The van der Waals surface area contributed by atoms with Gasteiger partial charge in [0.2, 0.25) is 0 Å². The van der Waals surface area contributed by atoms with Crippen LogP contribution in [0.4, 0.5) is 0 Å². The van der Waals surface area contributed by atoms with E-state index in [1.165, 1.54) is 30.4 Å². The normalized spacial score (nSPS) is 13.1. The maximum absolute atomic E-state index is 2.46. The summed E-state index contributed by atoms with van der Waals surface area (Å²) >= 11 is 0. The van der Waals surface area contributed by atoms with Crippen LogP contribution in [-0.2, 0) is 0 Å². The molecule has 0 aliphatic heterocycles. The Balaban J connectivity index is 4.76. The van der Waals surface area contributed by atoms with Crippen LogP contribution in [0, 0.1) is 11.3 Å². The number of hydrogen-bond acceptors (Lipinski definition) is 0. The lowest BCUT2D eigenvalue weighted by atomic mass is 9.86. The van der Waals surface area contributed by atoms with Crippen LogP contribution >= 0.6 is 0 Å². The molecule has 0 nitrogen and oxygen atoms in total. The van der Waals surface area contributed by atoms with Crippen molar-refractivity contribution >= 4 is 0 Å². The Bertz CT molecular complexity index is 278. The van der Waals surface area contributed by atoms with Crippen LogP contribution in [0.15, 0.2) is 22.8 Å². The molecule has 0 aromatic rings. The second kappa shape index (κ2) is 7.03. The van der Waals surface area contributed by atoms with E-state index >= 15 is 0 Å². The van der Waals surface area contributed by atoms with Gasteiger partial charge in [0.25, 0.3) is 0 Å². The molecule has 0 aliphatic rings. The highest BCUT2D eigenvalue weighted by Gasteiger charge is 2.12. The molecule has 0 bridgehead atoms. The largest absolute Gasteiger partial charge is 0.0808 e. The van der Waals surface area contributed by atoms with Gasteiger partial charge in [-0.25, -0.2) is 0 Å². The van der Waals surface area contributed by atoms with E-state index in [-0.39, 0.29) is 0 Å². The molecule has 0 rings (SSSR count). The third kappa shape index (κ3) is 8.24. The minimum absolute atomic E-state index is 0.429. The van der Waals surface area contributed by atoms with Gasteiger partial charge in [-0.3, -0.25) is 0 Å². The fourth-order valence-electron chi connectivity index (χ4n) is 1.65. The van der Waals surface area contributed by atoms with Crippen molar-refractivity contribution in [3.8, 4) is 0 Å². The lowest BCUT2D eigenvalue weighted by molar-refractivity contribution is 0.378. The summed E-state index contributed by atoms with van der Waals surface area (Å²) in [6.45, 7) is 18.3. The van der Waals surface area contributed by atoms with Gasteiger partial charge in [0.1, 0.15) is 0 Å². The Kier molecular flexibility index (Phi) is 6.82. The van der Waals surface area contributed by atoms with Crippen LogP contribution in [0.5, 0.6) is 0 Å². The molecule has 0 amide bonds. The van der Waals surface area contributed by atoms with Crippen molar-refractivity contribution in [2.45, 2.75) is 74.7 Å². The molecule has 0 radical (unpaired) electrons. The molecule has 100 valence electrons. The standard InChI is InChI=1S/C17H32/c1-13(2)9-10-16(15(5)14(3)4)11-12-17(6,7)8/h10,13H,9,11-12H2,1-8H3. The molecule has 0 saturated carbocycles. The number of allylic oxidation sites excluding steroid dienone is 4. The molecular weight excluding hydrogens is 204 g/mol. The smallest absolute Gasteiger partial charge is 0.0274 e. The summed E-state index contributed by atoms with van der Waals surface area (Å²) in [4.78, 5) is 0. The van der Waals surface area contributed by atoms with Gasteiger partial charge in [-0.05, 0) is 62.5 Å². The van der Waals surface area contributed by atoms with Gasteiger partial charge in [-0.2, -0.15) is 0 Å². The topological polar surface area (TPSA) is 0 Å². The lowest BCUT2D eigenvalue weighted by Gasteiger charge is -2.20. The summed E-state index contributed by atoms with van der Waals surface area (Å²) in [5.74, 6) is 0.754. The van der Waals surface area contributed by atoms with Crippen LogP contribution in [0.1, 0.15) is 74.7 Å². The summed E-state index contributed by atoms with van der Waals surface area (Å²) < 4.78 is 0. The van der Waals surface area contributed by atoms with Crippen molar-refractivity contribution in [3.05, 3.63) is 22.8 Å². The van der Waals surface area contributed by atoms with E-state index in [9.17, 15) is 0 Å². The predicted molar refractivity (Wildman–Crippen MR) is 80.3 cm³/mol. The van der Waals surface area contributed by atoms with E-state index in [0.29, 0.717) is 5.41 Å². The Morgan fingerprint density at radius 3 is 1.94 bits per heavy atom. The first-order valence-corrected chi connectivity index (χ1v) is 6.97. The van der Waals surface area contributed by atoms with Crippen molar-refractivity contribution < 1.29 is 0 Å². The molecule has 0 heteroatoms. The molecule has 0 atom stereocenters. The number of hydrogen-bond donors (Lipinski definition) is 0. The van der Waals surface area contributed by atoms with Gasteiger partial charge >= 0.3 is 0 Å². The van der Waals surface area contributed by atoms with Crippen LogP contribution in [-0.4, -0.2) is 0 Å². The van der Waals surface area contributed by atoms with E-state index in [1.807, 2.05) is 0 Å². The molecule has 17 heavy (non-hydrogen) atoms. The Morgan fingerprint density at radius 1 is 1.06 bits per heavy atom. The molecule has 0 aliphatic carbocycles. The molecule has 0 saturated heterocycles. The maximum Gasteiger partial charge on any atom is -0.0274 e. The summed E-state index contributed by atoms with van der Waals surface area (Å²) in [5, 5.41) is 0. The zero-order valence-electron chi connectivity index (χ0n) is 13.3. The second-order valence-electron chi connectivity index (χ2n) is 7.04. The monoisotopic (exact) mass is 236 g/mol. The van der Waals surface area contributed by atoms with E-state index < -0.39 is 0 Å². The molecular formula is C17H32.